The molecule has 0 aliphatic carbocycles. The first kappa shape index (κ1) is 14.5. The van der Waals surface area contributed by atoms with Crippen molar-refractivity contribution in [1.82, 2.24) is 5.06 Å². The van der Waals surface area contributed by atoms with Gasteiger partial charge in [0.05, 0.1) is 12.3 Å². The standard InChI is InChI=1S/C12H19NO5/c1-10-6-7-11(14)13(10)18-12(15)17-9-5-3-4-8-16-2/h1,3-9H2,2H3. The molecule has 102 valence electrons. The van der Waals surface area contributed by atoms with Gasteiger partial charge in [0.1, 0.15) is 0 Å². The summed E-state index contributed by atoms with van der Waals surface area (Å²) in [6, 6.07) is 0. The molecular formula is C12H19NO5. The third-order valence-electron chi connectivity index (χ3n) is 2.52. The lowest BCUT2D eigenvalue weighted by Gasteiger charge is -2.15. The summed E-state index contributed by atoms with van der Waals surface area (Å²) < 4.78 is 9.74. The molecule has 0 aromatic carbocycles. The molecule has 0 bridgehead atoms. The van der Waals surface area contributed by atoms with Gasteiger partial charge >= 0.3 is 6.16 Å². The SMILES string of the molecule is C=C1CCC(=O)N1OC(=O)OCCCCCOC. The number of carbonyl (C=O) groups excluding carboxylic acids is 2. The molecule has 1 rings (SSSR count). The lowest BCUT2D eigenvalue weighted by atomic mass is 10.2. The molecule has 0 aromatic heterocycles. The van der Waals surface area contributed by atoms with Crippen molar-refractivity contribution in [3.05, 3.63) is 12.3 Å². The summed E-state index contributed by atoms with van der Waals surface area (Å²) in [7, 11) is 1.65. The molecule has 0 N–H and O–H groups in total. The Balaban J connectivity index is 2.10. The highest BCUT2D eigenvalue weighted by atomic mass is 16.8. The van der Waals surface area contributed by atoms with Crippen LogP contribution in [0.5, 0.6) is 0 Å². The Kier molecular flexibility index (Phi) is 6.21. The van der Waals surface area contributed by atoms with Crippen molar-refractivity contribution in [2.45, 2.75) is 32.1 Å². The van der Waals surface area contributed by atoms with Crippen molar-refractivity contribution in [3.8, 4) is 0 Å². The maximum atomic E-state index is 11.3. The molecule has 0 radical (unpaired) electrons. The lowest BCUT2D eigenvalue weighted by Crippen LogP contribution is -2.27. The number of ether oxygens (including phenoxy) is 2. The number of nitrogens with zero attached hydrogens (tertiary/aromatic N) is 1. The van der Waals surface area contributed by atoms with E-state index in [2.05, 4.69) is 6.58 Å². The monoisotopic (exact) mass is 257 g/mol. The van der Waals surface area contributed by atoms with Crippen LogP contribution in [0, 0.1) is 0 Å². The molecule has 6 nitrogen and oxygen atoms in total. The van der Waals surface area contributed by atoms with Gasteiger partial charge in [-0.2, -0.15) is 0 Å². The number of carbonyl (C=O) groups is 2. The van der Waals surface area contributed by atoms with Crippen LogP contribution >= 0.6 is 0 Å². The second-order valence-corrected chi connectivity index (χ2v) is 4.00. The fourth-order valence-electron chi connectivity index (χ4n) is 1.53. The van der Waals surface area contributed by atoms with Gasteiger partial charge in [0.25, 0.3) is 5.91 Å². The summed E-state index contributed by atoms with van der Waals surface area (Å²) in [6.45, 7) is 4.60. The Hall–Kier alpha value is -1.56. The third-order valence-corrected chi connectivity index (χ3v) is 2.52. The van der Waals surface area contributed by atoms with Gasteiger partial charge in [-0.15, -0.1) is 5.06 Å². The Morgan fingerprint density at radius 1 is 1.28 bits per heavy atom. The van der Waals surface area contributed by atoms with Crippen molar-refractivity contribution in [2.24, 2.45) is 0 Å². The number of rotatable bonds is 7. The summed E-state index contributed by atoms with van der Waals surface area (Å²) in [5.74, 6) is -0.267. The van der Waals surface area contributed by atoms with E-state index in [1.165, 1.54) is 0 Å². The van der Waals surface area contributed by atoms with Crippen molar-refractivity contribution >= 4 is 12.1 Å². The van der Waals surface area contributed by atoms with E-state index in [0.29, 0.717) is 25.1 Å². The van der Waals surface area contributed by atoms with E-state index in [9.17, 15) is 9.59 Å². The first-order valence-electron chi connectivity index (χ1n) is 5.99. The molecule has 1 saturated heterocycles. The Morgan fingerprint density at radius 3 is 2.61 bits per heavy atom. The Labute approximate surface area is 106 Å². The van der Waals surface area contributed by atoms with Crippen LogP contribution in [0.2, 0.25) is 0 Å². The van der Waals surface area contributed by atoms with E-state index >= 15 is 0 Å². The van der Waals surface area contributed by atoms with Crippen LogP contribution in [0.25, 0.3) is 0 Å². The highest BCUT2D eigenvalue weighted by Crippen LogP contribution is 2.20. The number of allylic oxidation sites excluding steroid dienone is 1. The van der Waals surface area contributed by atoms with Gasteiger partial charge in [-0.25, -0.2) is 4.79 Å². The van der Waals surface area contributed by atoms with Gasteiger partial charge in [-0.05, 0) is 25.7 Å². The minimum Gasteiger partial charge on any atom is -0.433 e. The number of hydroxylamine groups is 2. The van der Waals surface area contributed by atoms with Crippen LogP contribution in [0.1, 0.15) is 32.1 Å². The highest BCUT2D eigenvalue weighted by Gasteiger charge is 2.28. The van der Waals surface area contributed by atoms with Crippen molar-refractivity contribution in [2.75, 3.05) is 20.3 Å². The van der Waals surface area contributed by atoms with Gasteiger partial charge in [-0.1, -0.05) is 6.58 Å². The van der Waals surface area contributed by atoms with E-state index in [1.807, 2.05) is 0 Å². The van der Waals surface area contributed by atoms with Crippen LogP contribution in [0.15, 0.2) is 12.3 Å². The summed E-state index contributed by atoms with van der Waals surface area (Å²) >= 11 is 0. The largest absolute Gasteiger partial charge is 0.533 e. The van der Waals surface area contributed by atoms with E-state index in [4.69, 9.17) is 14.3 Å². The minimum absolute atomic E-state index is 0.267. The molecule has 0 unspecified atom stereocenters. The molecule has 0 atom stereocenters. The molecule has 1 fully saturated rings. The summed E-state index contributed by atoms with van der Waals surface area (Å²) in [5.41, 5.74) is 0.483. The topological polar surface area (TPSA) is 65.1 Å². The zero-order chi connectivity index (χ0) is 13.4. The highest BCUT2D eigenvalue weighted by molar-refractivity contribution is 5.81. The van der Waals surface area contributed by atoms with Crippen LogP contribution in [0.4, 0.5) is 4.79 Å². The predicted molar refractivity (Wildman–Crippen MR) is 63.4 cm³/mol. The van der Waals surface area contributed by atoms with Crippen molar-refractivity contribution < 1.29 is 23.9 Å². The smallest absolute Gasteiger partial charge is 0.433 e. The second kappa shape index (κ2) is 7.71. The molecule has 0 aromatic rings. The van der Waals surface area contributed by atoms with Gasteiger partial charge in [0.2, 0.25) is 0 Å². The second-order valence-electron chi connectivity index (χ2n) is 4.00. The average molecular weight is 257 g/mol. The van der Waals surface area contributed by atoms with Gasteiger partial charge in [-0.3, -0.25) is 9.63 Å². The van der Waals surface area contributed by atoms with Crippen LogP contribution in [-0.2, 0) is 19.1 Å². The molecule has 0 spiro atoms. The lowest BCUT2D eigenvalue weighted by molar-refractivity contribution is -0.157. The summed E-state index contributed by atoms with van der Waals surface area (Å²) in [6.07, 6.45) is 2.56. The first-order chi connectivity index (χ1) is 8.65. The average Bonchev–Trinajstić information content (AvgIpc) is 2.65. The van der Waals surface area contributed by atoms with Crippen LogP contribution < -0.4 is 0 Å². The fourth-order valence-corrected chi connectivity index (χ4v) is 1.53. The number of unbranched alkanes of at least 4 members (excludes halogenated alkanes) is 2. The maximum absolute atomic E-state index is 11.3. The quantitative estimate of drug-likeness (QED) is 0.515. The van der Waals surface area contributed by atoms with E-state index < -0.39 is 6.16 Å². The molecule has 0 saturated carbocycles. The minimum atomic E-state index is -0.863. The molecule has 18 heavy (non-hydrogen) atoms. The number of hydrogen-bond donors (Lipinski definition) is 0. The summed E-state index contributed by atoms with van der Waals surface area (Å²) in [4.78, 5) is 27.3. The molecular weight excluding hydrogens is 238 g/mol. The number of amides is 1. The molecule has 1 heterocycles. The van der Waals surface area contributed by atoms with Gasteiger partial charge < -0.3 is 9.47 Å². The zero-order valence-corrected chi connectivity index (χ0v) is 10.6. The van der Waals surface area contributed by atoms with E-state index in [0.717, 1.165) is 24.3 Å². The third kappa shape index (κ3) is 4.75. The molecule has 1 amide bonds. The number of methoxy groups -OCH3 is 1. The van der Waals surface area contributed by atoms with Crippen LogP contribution in [-0.4, -0.2) is 37.4 Å². The zero-order valence-electron chi connectivity index (χ0n) is 10.6. The van der Waals surface area contributed by atoms with Crippen molar-refractivity contribution in [3.63, 3.8) is 0 Å². The van der Waals surface area contributed by atoms with Crippen LogP contribution in [0.3, 0.4) is 0 Å². The molecule has 6 heteroatoms. The maximum Gasteiger partial charge on any atom is 0.533 e. The van der Waals surface area contributed by atoms with E-state index in [1.54, 1.807) is 7.11 Å². The first-order valence-corrected chi connectivity index (χ1v) is 5.99. The van der Waals surface area contributed by atoms with Crippen molar-refractivity contribution in [1.29, 1.82) is 0 Å². The fraction of sp³-hybridized carbons (Fsp3) is 0.667. The Morgan fingerprint density at radius 2 is 2.00 bits per heavy atom. The van der Waals surface area contributed by atoms with Gasteiger partial charge in [0.15, 0.2) is 0 Å². The molecule has 1 aliphatic rings. The number of hydrogen-bond acceptors (Lipinski definition) is 5. The predicted octanol–water partition coefficient (Wildman–Crippen LogP) is 2.01. The summed E-state index contributed by atoms with van der Waals surface area (Å²) in [5, 5.41) is 0.910. The van der Waals surface area contributed by atoms with E-state index in [-0.39, 0.29) is 12.5 Å². The molecule has 1 aliphatic heterocycles. The normalized spacial score (nSPS) is 15.1. The van der Waals surface area contributed by atoms with Gasteiger partial charge in [0, 0.05) is 20.1 Å². The Bertz CT molecular complexity index is 300.